The Morgan fingerprint density at radius 2 is 1.84 bits per heavy atom. The van der Waals surface area contributed by atoms with E-state index in [9.17, 15) is 4.79 Å². The number of likely N-dealkylation sites (tertiary alicyclic amines) is 1. The molecule has 1 saturated heterocycles. The summed E-state index contributed by atoms with van der Waals surface area (Å²) in [6.07, 6.45) is 1.97. The lowest BCUT2D eigenvalue weighted by Gasteiger charge is -2.38. The molecule has 1 fully saturated rings. The summed E-state index contributed by atoms with van der Waals surface area (Å²) < 4.78 is 0. The number of carbonyl (C=O) groups excluding carboxylic acids is 1. The van der Waals surface area contributed by atoms with E-state index >= 15 is 0 Å². The second-order valence-corrected chi connectivity index (χ2v) is 7.22. The van der Waals surface area contributed by atoms with E-state index in [-0.39, 0.29) is 11.9 Å². The van der Waals surface area contributed by atoms with Gasteiger partial charge in [-0.2, -0.15) is 0 Å². The average molecular weight is 357 g/mol. The van der Waals surface area contributed by atoms with Crippen molar-refractivity contribution in [2.24, 2.45) is 0 Å². The Bertz CT molecular complexity index is 724. The second-order valence-electron chi connectivity index (χ2n) is 6.82. The van der Waals surface area contributed by atoms with Gasteiger partial charge in [0, 0.05) is 43.3 Å². The van der Waals surface area contributed by atoms with E-state index in [4.69, 9.17) is 11.6 Å². The van der Waals surface area contributed by atoms with Gasteiger partial charge in [-0.1, -0.05) is 48.0 Å². The number of rotatable bonds is 4. The van der Waals surface area contributed by atoms with E-state index in [1.165, 1.54) is 5.56 Å². The molecule has 0 bridgehead atoms. The van der Waals surface area contributed by atoms with Gasteiger partial charge in [-0.25, -0.2) is 0 Å². The van der Waals surface area contributed by atoms with E-state index in [1.807, 2.05) is 36.1 Å². The highest BCUT2D eigenvalue weighted by atomic mass is 35.5. The zero-order valence-electron chi connectivity index (χ0n) is 14.9. The molecule has 0 saturated carbocycles. The molecule has 0 radical (unpaired) electrons. The Labute approximate surface area is 155 Å². The number of nitrogens with zero attached hydrogens (tertiary/aromatic N) is 2. The molecule has 1 amide bonds. The van der Waals surface area contributed by atoms with Gasteiger partial charge in [-0.05, 0) is 43.0 Å². The number of hydrogen-bond acceptors (Lipinski definition) is 2. The van der Waals surface area contributed by atoms with Gasteiger partial charge in [-0.15, -0.1) is 0 Å². The monoisotopic (exact) mass is 356 g/mol. The van der Waals surface area contributed by atoms with Crippen molar-refractivity contribution in [3.8, 4) is 0 Å². The van der Waals surface area contributed by atoms with Crippen LogP contribution in [0.1, 0.15) is 30.9 Å². The molecule has 1 aliphatic heterocycles. The molecule has 1 aliphatic rings. The second kappa shape index (κ2) is 8.03. The predicted molar refractivity (Wildman–Crippen MR) is 104 cm³/mol. The van der Waals surface area contributed by atoms with Gasteiger partial charge in [0.15, 0.2) is 0 Å². The van der Waals surface area contributed by atoms with Crippen molar-refractivity contribution in [2.75, 3.05) is 18.0 Å². The lowest BCUT2D eigenvalue weighted by atomic mass is 10.0. The molecule has 2 aromatic rings. The molecular weight excluding hydrogens is 332 g/mol. The molecule has 3 nitrogen and oxygen atoms in total. The van der Waals surface area contributed by atoms with Gasteiger partial charge in [-0.3, -0.25) is 9.69 Å². The first-order chi connectivity index (χ1) is 12.0. The molecule has 0 atom stereocenters. The third kappa shape index (κ3) is 4.42. The molecule has 2 aromatic carbocycles. The number of hydrogen-bond donors (Lipinski definition) is 0. The molecule has 0 aromatic heterocycles. The average Bonchev–Trinajstić information content (AvgIpc) is 2.60. The number of halogens is 1. The van der Waals surface area contributed by atoms with Crippen LogP contribution in [-0.2, 0) is 11.3 Å². The van der Waals surface area contributed by atoms with Crippen LogP contribution in [0.15, 0.2) is 48.5 Å². The fourth-order valence-corrected chi connectivity index (χ4v) is 3.73. The van der Waals surface area contributed by atoms with Crippen molar-refractivity contribution in [3.05, 3.63) is 64.7 Å². The van der Waals surface area contributed by atoms with E-state index < -0.39 is 0 Å². The minimum absolute atomic E-state index is 0.0847. The number of aryl methyl sites for hydroxylation is 1. The third-order valence-corrected chi connectivity index (χ3v) is 5.35. The van der Waals surface area contributed by atoms with Crippen LogP contribution < -0.4 is 4.90 Å². The fraction of sp³-hybridized carbons (Fsp3) is 0.381. The molecule has 132 valence electrons. The summed E-state index contributed by atoms with van der Waals surface area (Å²) in [6, 6.07) is 16.7. The van der Waals surface area contributed by atoms with Crippen LogP contribution >= 0.6 is 11.6 Å². The van der Waals surface area contributed by atoms with E-state index in [2.05, 4.69) is 29.2 Å². The predicted octanol–water partition coefficient (Wildman–Crippen LogP) is 4.67. The summed E-state index contributed by atoms with van der Waals surface area (Å²) in [4.78, 5) is 16.7. The highest BCUT2D eigenvalue weighted by Crippen LogP contribution is 2.28. The highest BCUT2D eigenvalue weighted by molar-refractivity contribution is 6.31. The SMILES string of the molecule is CC(=O)N(c1ccc(C)c(Cl)c1)C1CCN(Cc2ccccc2)CC1. The molecule has 0 aliphatic carbocycles. The van der Waals surface area contributed by atoms with Crippen LogP contribution in [0, 0.1) is 6.92 Å². The first-order valence-electron chi connectivity index (χ1n) is 8.87. The maximum Gasteiger partial charge on any atom is 0.224 e. The summed E-state index contributed by atoms with van der Waals surface area (Å²) in [5.41, 5.74) is 3.28. The van der Waals surface area contributed by atoms with Crippen LogP contribution in [0.5, 0.6) is 0 Å². The Morgan fingerprint density at radius 3 is 2.44 bits per heavy atom. The highest BCUT2D eigenvalue weighted by Gasteiger charge is 2.27. The van der Waals surface area contributed by atoms with Crippen molar-refractivity contribution in [3.63, 3.8) is 0 Å². The Morgan fingerprint density at radius 1 is 1.16 bits per heavy atom. The maximum absolute atomic E-state index is 12.3. The molecule has 0 unspecified atom stereocenters. The number of anilines is 1. The Kier molecular flexibility index (Phi) is 5.77. The van der Waals surface area contributed by atoms with E-state index in [0.29, 0.717) is 5.02 Å². The normalized spacial score (nSPS) is 16.0. The fourth-order valence-electron chi connectivity index (χ4n) is 3.56. The molecular formula is C21H25ClN2O. The molecule has 0 N–H and O–H groups in total. The van der Waals surface area contributed by atoms with Gasteiger partial charge < -0.3 is 4.90 Å². The summed E-state index contributed by atoms with van der Waals surface area (Å²) in [5.74, 6) is 0.0847. The zero-order chi connectivity index (χ0) is 17.8. The number of amides is 1. The molecule has 25 heavy (non-hydrogen) atoms. The summed E-state index contributed by atoms with van der Waals surface area (Å²) >= 11 is 6.27. The quantitative estimate of drug-likeness (QED) is 0.795. The van der Waals surface area contributed by atoms with Crippen LogP contribution in [-0.4, -0.2) is 29.9 Å². The Hall–Kier alpha value is -1.84. The van der Waals surface area contributed by atoms with E-state index in [0.717, 1.165) is 43.7 Å². The molecule has 3 rings (SSSR count). The van der Waals surface area contributed by atoms with Crippen molar-refractivity contribution < 1.29 is 4.79 Å². The molecule has 0 spiro atoms. The minimum Gasteiger partial charge on any atom is -0.309 e. The van der Waals surface area contributed by atoms with Gasteiger partial charge >= 0.3 is 0 Å². The van der Waals surface area contributed by atoms with Gasteiger partial charge in [0.05, 0.1) is 0 Å². The van der Waals surface area contributed by atoms with Crippen molar-refractivity contribution in [2.45, 2.75) is 39.3 Å². The van der Waals surface area contributed by atoms with E-state index in [1.54, 1.807) is 6.92 Å². The van der Waals surface area contributed by atoms with Crippen LogP contribution in [0.3, 0.4) is 0 Å². The molecule has 4 heteroatoms. The summed E-state index contributed by atoms with van der Waals surface area (Å²) in [6.45, 7) is 6.60. The first kappa shape index (κ1) is 18.0. The third-order valence-electron chi connectivity index (χ3n) is 4.94. The standard InChI is InChI=1S/C21H25ClN2O/c1-16-8-9-20(14-21(16)22)24(17(2)25)19-10-12-23(13-11-19)15-18-6-4-3-5-7-18/h3-9,14,19H,10-13,15H2,1-2H3. The van der Waals surface area contributed by atoms with Crippen molar-refractivity contribution in [1.29, 1.82) is 0 Å². The van der Waals surface area contributed by atoms with Crippen LogP contribution in [0.25, 0.3) is 0 Å². The number of piperidine rings is 1. The summed E-state index contributed by atoms with van der Waals surface area (Å²) in [5, 5.41) is 0.713. The summed E-state index contributed by atoms with van der Waals surface area (Å²) in [7, 11) is 0. The topological polar surface area (TPSA) is 23.6 Å². The van der Waals surface area contributed by atoms with Crippen molar-refractivity contribution in [1.82, 2.24) is 4.90 Å². The van der Waals surface area contributed by atoms with Gasteiger partial charge in [0.25, 0.3) is 0 Å². The van der Waals surface area contributed by atoms with Gasteiger partial charge in [0.1, 0.15) is 0 Å². The number of carbonyl (C=O) groups is 1. The first-order valence-corrected chi connectivity index (χ1v) is 9.24. The smallest absolute Gasteiger partial charge is 0.224 e. The lowest BCUT2D eigenvalue weighted by Crippen LogP contribution is -2.46. The zero-order valence-corrected chi connectivity index (χ0v) is 15.7. The van der Waals surface area contributed by atoms with Crippen LogP contribution in [0.4, 0.5) is 5.69 Å². The lowest BCUT2D eigenvalue weighted by molar-refractivity contribution is -0.117. The van der Waals surface area contributed by atoms with Crippen molar-refractivity contribution >= 4 is 23.2 Å². The Balaban J connectivity index is 1.66. The number of benzene rings is 2. The minimum atomic E-state index is 0.0847. The molecule has 1 heterocycles. The maximum atomic E-state index is 12.3. The van der Waals surface area contributed by atoms with Gasteiger partial charge in [0.2, 0.25) is 5.91 Å². The van der Waals surface area contributed by atoms with Crippen LogP contribution in [0.2, 0.25) is 5.02 Å². The largest absolute Gasteiger partial charge is 0.309 e.